The molecular weight excluding hydrogens is 242 g/mol. The van der Waals surface area contributed by atoms with Gasteiger partial charge in [0.15, 0.2) is 5.84 Å². The van der Waals surface area contributed by atoms with Crippen molar-refractivity contribution in [3.05, 3.63) is 33.9 Å². The number of non-ortho nitro benzene ring substituents is 1. The largest absolute Gasteiger partial charge is 0.409 e. The number of rotatable bonds is 4. The van der Waals surface area contributed by atoms with Gasteiger partial charge in [-0.05, 0) is 6.07 Å². The smallest absolute Gasteiger partial charge is 0.270 e. The Hall–Kier alpha value is -1.76. The molecule has 0 heterocycles. The van der Waals surface area contributed by atoms with Crippen molar-refractivity contribution in [2.24, 2.45) is 10.9 Å². The fourth-order valence-corrected chi connectivity index (χ4v) is 2.19. The molecule has 0 radical (unpaired) electrons. The third-order valence-electron chi connectivity index (χ3n) is 1.92. The highest BCUT2D eigenvalue weighted by molar-refractivity contribution is 8.00. The maximum absolute atomic E-state index is 10.7. The number of nitro groups is 1. The van der Waals surface area contributed by atoms with Gasteiger partial charge in [0.05, 0.1) is 4.92 Å². The molecule has 0 atom stereocenters. The van der Waals surface area contributed by atoms with Crippen molar-refractivity contribution in [1.82, 2.24) is 0 Å². The minimum atomic E-state index is -0.516. The molecule has 0 spiro atoms. The summed E-state index contributed by atoms with van der Waals surface area (Å²) in [7, 11) is 0. The summed E-state index contributed by atoms with van der Waals surface area (Å²) in [6, 6.07) is 4.31. The molecule has 0 saturated heterocycles. The zero-order valence-electron chi connectivity index (χ0n) is 9.45. The number of amidine groups is 1. The zero-order valence-corrected chi connectivity index (χ0v) is 10.3. The molecule has 0 amide bonds. The van der Waals surface area contributed by atoms with E-state index in [-0.39, 0.29) is 11.5 Å². The Labute approximate surface area is 103 Å². The summed E-state index contributed by atoms with van der Waals surface area (Å²) < 4.78 is 0. The van der Waals surface area contributed by atoms with Gasteiger partial charge in [-0.25, -0.2) is 0 Å². The van der Waals surface area contributed by atoms with Crippen LogP contribution in [0.3, 0.4) is 0 Å². The number of nitro benzene ring substituents is 1. The van der Waals surface area contributed by atoms with Crippen molar-refractivity contribution in [3.63, 3.8) is 0 Å². The van der Waals surface area contributed by atoms with Crippen molar-refractivity contribution in [1.29, 1.82) is 0 Å². The summed E-state index contributed by atoms with van der Waals surface area (Å²) in [5.41, 5.74) is 5.80. The van der Waals surface area contributed by atoms with Crippen LogP contribution in [0, 0.1) is 10.1 Å². The second kappa shape index (κ2) is 5.53. The number of benzene rings is 1. The summed E-state index contributed by atoms with van der Waals surface area (Å²) in [4.78, 5) is 10.9. The van der Waals surface area contributed by atoms with E-state index in [4.69, 9.17) is 10.9 Å². The van der Waals surface area contributed by atoms with Crippen molar-refractivity contribution in [2.45, 2.75) is 24.0 Å². The van der Waals surface area contributed by atoms with Crippen LogP contribution < -0.4 is 5.73 Å². The Balaban J connectivity index is 3.26. The minimum Gasteiger partial charge on any atom is -0.409 e. The van der Waals surface area contributed by atoms with Crippen LogP contribution >= 0.6 is 11.8 Å². The predicted octanol–water partition coefficient (Wildman–Crippen LogP) is 2.19. The molecule has 0 saturated carbocycles. The van der Waals surface area contributed by atoms with Crippen molar-refractivity contribution < 1.29 is 10.1 Å². The first kappa shape index (κ1) is 13.3. The standard InChI is InChI=1S/C10H13N3O3S/c1-6(2)17-9-4-3-7(13(15)16)5-8(9)10(11)12-14/h3-6,14H,1-2H3,(H2,11,12). The second-order valence-electron chi connectivity index (χ2n) is 3.59. The zero-order chi connectivity index (χ0) is 13.0. The van der Waals surface area contributed by atoms with Crippen molar-refractivity contribution >= 4 is 23.3 Å². The average molecular weight is 255 g/mol. The lowest BCUT2D eigenvalue weighted by atomic mass is 10.2. The van der Waals surface area contributed by atoms with Gasteiger partial charge in [-0.2, -0.15) is 0 Å². The molecule has 3 N–H and O–H groups in total. The average Bonchev–Trinajstić information content (AvgIpc) is 2.27. The number of oxime groups is 1. The third kappa shape index (κ3) is 3.35. The van der Waals surface area contributed by atoms with Crippen LogP contribution in [-0.2, 0) is 0 Å². The van der Waals surface area contributed by atoms with Crippen LogP contribution in [0.1, 0.15) is 19.4 Å². The molecule has 0 aliphatic rings. The highest BCUT2D eigenvalue weighted by Crippen LogP contribution is 2.29. The maximum atomic E-state index is 10.7. The van der Waals surface area contributed by atoms with Gasteiger partial charge in [0.25, 0.3) is 5.69 Å². The third-order valence-corrected chi connectivity index (χ3v) is 3.00. The molecule has 7 heteroatoms. The highest BCUT2D eigenvalue weighted by Gasteiger charge is 2.15. The summed E-state index contributed by atoms with van der Waals surface area (Å²) in [6.07, 6.45) is 0. The van der Waals surface area contributed by atoms with E-state index in [1.165, 1.54) is 23.9 Å². The summed E-state index contributed by atoms with van der Waals surface area (Å²) >= 11 is 1.49. The van der Waals surface area contributed by atoms with E-state index in [0.29, 0.717) is 10.8 Å². The summed E-state index contributed by atoms with van der Waals surface area (Å²) in [5, 5.41) is 22.5. The topological polar surface area (TPSA) is 102 Å². The van der Waals surface area contributed by atoms with Crippen LogP contribution in [-0.4, -0.2) is 21.2 Å². The Kier molecular flexibility index (Phi) is 4.33. The van der Waals surface area contributed by atoms with Gasteiger partial charge in [0.1, 0.15) is 0 Å². The Bertz CT molecular complexity index is 460. The van der Waals surface area contributed by atoms with Crippen molar-refractivity contribution in [3.8, 4) is 0 Å². The first-order valence-corrected chi connectivity index (χ1v) is 5.76. The van der Waals surface area contributed by atoms with Crippen LogP contribution in [0.4, 0.5) is 5.69 Å². The molecule has 0 aromatic heterocycles. The molecule has 92 valence electrons. The lowest BCUT2D eigenvalue weighted by Crippen LogP contribution is -2.15. The Morgan fingerprint density at radius 1 is 1.59 bits per heavy atom. The van der Waals surface area contributed by atoms with Crippen LogP contribution in [0.15, 0.2) is 28.3 Å². The molecule has 0 bridgehead atoms. The molecule has 0 unspecified atom stereocenters. The number of hydrogen-bond acceptors (Lipinski definition) is 5. The van der Waals surface area contributed by atoms with E-state index >= 15 is 0 Å². The number of nitrogens with zero attached hydrogens (tertiary/aromatic N) is 2. The molecule has 1 aromatic carbocycles. The van der Waals surface area contributed by atoms with Gasteiger partial charge in [-0.15, -0.1) is 11.8 Å². The molecule has 1 aromatic rings. The van der Waals surface area contributed by atoms with Crippen LogP contribution in [0.5, 0.6) is 0 Å². The molecule has 0 aliphatic heterocycles. The Morgan fingerprint density at radius 2 is 2.24 bits per heavy atom. The molecule has 0 aliphatic carbocycles. The van der Waals surface area contributed by atoms with E-state index in [2.05, 4.69) is 5.16 Å². The Morgan fingerprint density at radius 3 is 2.71 bits per heavy atom. The number of hydrogen-bond donors (Lipinski definition) is 2. The molecule has 0 fully saturated rings. The first-order chi connectivity index (χ1) is 7.95. The fraction of sp³-hybridized carbons (Fsp3) is 0.300. The van der Waals surface area contributed by atoms with E-state index in [0.717, 1.165) is 4.90 Å². The van der Waals surface area contributed by atoms with E-state index in [1.54, 1.807) is 6.07 Å². The summed E-state index contributed by atoms with van der Waals surface area (Å²) in [6.45, 7) is 3.98. The normalized spacial score (nSPS) is 11.8. The van der Waals surface area contributed by atoms with Crippen molar-refractivity contribution in [2.75, 3.05) is 0 Å². The van der Waals surface area contributed by atoms with Gasteiger partial charge in [0.2, 0.25) is 0 Å². The monoisotopic (exact) mass is 255 g/mol. The van der Waals surface area contributed by atoms with Gasteiger partial charge in [0, 0.05) is 27.8 Å². The quantitative estimate of drug-likeness (QED) is 0.214. The van der Waals surface area contributed by atoms with Crippen LogP contribution in [0.2, 0.25) is 0 Å². The molecule has 1 rings (SSSR count). The molecular formula is C10H13N3O3S. The highest BCUT2D eigenvalue weighted by atomic mass is 32.2. The maximum Gasteiger partial charge on any atom is 0.270 e. The van der Waals surface area contributed by atoms with Gasteiger partial charge < -0.3 is 10.9 Å². The van der Waals surface area contributed by atoms with Gasteiger partial charge in [-0.1, -0.05) is 19.0 Å². The number of thioether (sulfide) groups is 1. The van der Waals surface area contributed by atoms with E-state index in [9.17, 15) is 10.1 Å². The molecule has 6 nitrogen and oxygen atoms in total. The van der Waals surface area contributed by atoms with Crippen LogP contribution in [0.25, 0.3) is 0 Å². The number of nitrogens with two attached hydrogens (primary N) is 1. The van der Waals surface area contributed by atoms with E-state index in [1.807, 2.05) is 13.8 Å². The minimum absolute atomic E-state index is 0.0836. The van der Waals surface area contributed by atoms with E-state index < -0.39 is 4.92 Å². The van der Waals surface area contributed by atoms with Gasteiger partial charge in [-0.3, -0.25) is 10.1 Å². The summed E-state index contributed by atoms with van der Waals surface area (Å²) in [5.74, 6) is -0.128. The SMILES string of the molecule is CC(C)Sc1ccc([N+](=O)[O-])cc1C(N)=NO. The lowest BCUT2D eigenvalue weighted by molar-refractivity contribution is -0.384. The predicted molar refractivity (Wildman–Crippen MR) is 66.6 cm³/mol. The first-order valence-electron chi connectivity index (χ1n) is 4.88. The fourth-order valence-electron chi connectivity index (χ4n) is 1.24. The lowest BCUT2D eigenvalue weighted by Gasteiger charge is -2.09. The second-order valence-corrected chi connectivity index (χ2v) is 5.21. The molecule has 17 heavy (non-hydrogen) atoms. The van der Waals surface area contributed by atoms with Gasteiger partial charge >= 0.3 is 0 Å².